The summed E-state index contributed by atoms with van der Waals surface area (Å²) in [6.07, 6.45) is 0. The molecular formula is C21H43BF4N4O5S2. The van der Waals surface area contributed by atoms with Crippen LogP contribution in [0, 0.1) is 0 Å². The van der Waals surface area contributed by atoms with Crippen LogP contribution < -0.4 is 15.3 Å². The van der Waals surface area contributed by atoms with E-state index in [2.05, 4.69) is 71.0 Å². The van der Waals surface area contributed by atoms with Crippen molar-refractivity contribution in [3.63, 3.8) is 0 Å². The fourth-order valence-electron chi connectivity index (χ4n) is 2.52. The van der Waals surface area contributed by atoms with Gasteiger partial charge in [-0.25, -0.2) is 9.98 Å². The fourth-order valence-corrected chi connectivity index (χ4v) is 3.02. The molecule has 0 aromatic carbocycles. The standard InChI is InChI=1S/C9H16N2O2S.C6H15O.C5H8N2O2S.CH4.BF3.FH/c1-3-12-8-5-10-9(13-4-2)7(6-14)11-8;1-4-7(5-2)6-3;8-4-1-6-5(9)3(2-10)7-4;;2-1(3)4;/h7,14H,3-6H2,1-2H3;4-6H2,1-3H3;3,10H,1-2H2,(H,6,9)(H,7,8);1H4;;1H/q;+1;;;;/p-1/t7-;;3-;;;/m0.0.../s1. The molecule has 1 fully saturated rings. The predicted octanol–water partition coefficient (Wildman–Crippen LogP) is -0.182. The maximum absolute atomic E-state index is 10.8. The Balaban J connectivity index is -0.000000210. The van der Waals surface area contributed by atoms with Gasteiger partial charge in [-0.1, -0.05) is 7.43 Å². The number of hydrogen-bond donors (Lipinski definition) is 4. The van der Waals surface area contributed by atoms with Crippen LogP contribution in [0.2, 0.25) is 0 Å². The van der Waals surface area contributed by atoms with E-state index in [0.29, 0.717) is 43.1 Å². The zero-order valence-corrected chi connectivity index (χ0v) is 23.2. The molecule has 9 nitrogen and oxygen atoms in total. The van der Waals surface area contributed by atoms with Gasteiger partial charge in [0.05, 0.1) is 19.8 Å². The molecule has 0 radical (unpaired) electrons. The number of ether oxygens (including phenoxy) is 2. The monoisotopic (exact) mass is 582 g/mol. The Kier molecular flexibility index (Phi) is 31.4. The van der Waals surface area contributed by atoms with Crippen LogP contribution in [0.15, 0.2) is 9.98 Å². The lowest BCUT2D eigenvalue weighted by Gasteiger charge is -2.20. The smallest absolute Gasteiger partial charge is 0.762 e. The van der Waals surface area contributed by atoms with E-state index in [0.717, 1.165) is 19.8 Å². The van der Waals surface area contributed by atoms with Gasteiger partial charge in [0.15, 0.2) is 0 Å². The van der Waals surface area contributed by atoms with E-state index in [9.17, 15) is 22.5 Å². The second-order valence-corrected chi connectivity index (χ2v) is 7.22. The number of nitrogens with zero attached hydrogens (tertiary/aromatic N) is 2. The van der Waals surface area contributed by atoms with Crippen molar-refractivity contribution in [2.24, 2.45) is 9.98 Å². The largest absolute Gasteiger partial charge is 1.00 e. The van der Waals surface area contributed by atoms with Gasteiger partial charge in [-0.3, -0.25) is 22.5 Å². The normalized spacial score (nSPS) is 17.6. The molecule has 0 bridgehead atoms. The van der Waals surface area contributed by atoms with Crippen LogP contribution in [-0.2, 0) is 23.4 Å². The van der Waals surface area contributed by atoms with Crippen molar-refractivity contribution in [2.45, 2.75) is 54.1 Å². The molecule has 0 saturated carbocycles. The summed E-state index contributed by atoms with van der Waals surface area (Å²) in [5.74, 6) is 1.97. The van der Waals surface area contributed by atoms with Gasteiger partial charge in [-0.15, -0.1) is 0 Å². The van der Waals surface area contributed by atoms with Crippen molar-refractivity contribution >= 4 is 56.4 Å². The van der Waals surface area contributed by atoms with E-state index in [-0.39, 0.29) is 36.5 Å². The van der Waals surface area contributed by atoms with E-state index < -0.39 is 13.6 Å². The molecule has 2 amide bonds. The van der Waals surface area contributed by atoms with E-state index in [1.807, 2.05) is 13.8 Å². The van der Waals surface area contributed by atoms with Crippen molar-refractivity contribution in [2.75, 3.05) is 57.6 Å². The Hall–Kier alpha value is -1.68. The number of thiol groups is 2. The summed E-state index contributed by atoms with van der Waals surface area (Å²) in [6, 6.07) is -0.543. The third kappa shape index (κ3) is 22.1. The van der Waals surface area contributed by atoms with Crippen LogP contribution in [-0.4, -0.2) is 101 Å². The van der Waals surface area contributed by atoms with E-state index in [4.69, 9.17) is 9.47 Å². The highest BCUT2D eigenvalue weighted by molar-refractivity contribution is 7.80. The molecule has 2 aliphatic heterocycles. The Bertz CT molecular complexity index is 644. The van der Waals surface area contributed by atoms with Crippen LogP contribution >= 0.6 is 25.3 Å². The Morgan fingerprint density at radius 1 is 1.00 bits per heavy atom. The molecule has 0 aromatic rings. The molecule has 37 heavy (non-hydrogen) atoms. The van der Waals surface area contributed by atoms with Crippen molar-refractivity contribution in [3.05, 3.63) is 0 Å². The molecule has 0 unspecified atom stereocenters. The fraction of sp³-hybridized carbons (Fsp3) is 0.810. The number of carbonyl (C=O) groups is 2. The van der Waals surface area contributed by atoms with E-state index in [1.165, 1.54) is 0 Å². The minimum absolute atomic E-state index is 0. The lowest BCUT2D eigenvalue weighted by molar-refractivity contribution is -0.133. The van der Waals surface area contributed by atoms with Gasteiger partial charge in [-0.2, -0.15) is 25.3 Å². The highest BCUT2D eigenvalue weighted by Gasteiger charge is 2.24. The zero-order chi connectivity index (χ0) is 27.2. The molecule has 2 heterocycles. The summed E-state index contributed by atoms with van der Waals surface area (Å²) in [5.41, 5.74) is 0. The van der Waals surface area contributed by atoms with Crippen molar-refractivity contribution < 1.29 is 41.1 Å². The average molecular weight is 583 g/mol. The molecule has 2 rings (SSSR count). The van der Waals surface area contributed by atoms with Crippen molar-refractivity contribution in [1.82, 2.24) is 10.6 Å². The Morgan fingerprint density at radius 2 is 1.51 bits per heavy atom. The van der Waals surface area contributed by atoms with Gasteiger partial charge < -0.3 is 29.2 Å². The summed E-state index contributed by atoms with van der Waals surface area (Å²) in [5, 5.41) is 4.92. The van der Waals surface area contributed by atoms with Crippen molar-refractivity contribution in [1.29, 1.82) is 0 Å². The maximum Gasteiger partial charge on any atom is 0.762 e. The third-order valence-corrected chi connectivity index (χ3v) is 4.92. The molecule has 1 saturated heterocycles. The first-order chi connectivity index (χ1) is 16.6. The van der Waals surface area contributed by atoms with Crippen molar-refractivity contribution in [3.8, 4) is 0 Å². The lowest BCUT2D eigenvalue weighted by atomic mass is 10.2. The van der Waals surface area contributed by atoms with Crippen LogP contribution in [0.4, 0.5) is 12.9 Å². The minimum atomic E-state index is -3.67. The van der Waals surface area contributed by atoms with Gasteiger partial charge in [-0.05, 0) is 13.8 Å². The summed E-state index contributed by atoms with van der Waals surface area (Å²) in [4.78, 5) is 30.0. The Labute approximate surface area is 229 Å². The highest BCUT2D eigenvalue weighted by Crippen LogP contribution is 2.07. The summed E-state index contributed by atoms with van der Waals surface area (Å²) in [6.45, 7) is 15.4. The minimum Gasteiger partial charge on any atom is -1.00 e. The molecule has 0 spiro atoms. The predicted molar refractivity (Wildman–Crippen MR) is 148 cm³/mol. The SMILES string of the molecule is C.CCOC1=N[C@@H](CS)C(OCC)=NC1.CC[O+](CC)CC.FB(F)F.O=C1CNC(=O)[C@H](CS)N1.[F-]. The molecule has 2 atom stereocenters. The molecule has 0 aromatic heterocycles. The number of amides is 2. The zero-order valence-electron chi connectivity index (χ0n) is 21.4. The second-order valence-electron chi connectivity index (χ2n) is 6.49. The van der Waals surface area contributed by atoms with Gasteiger partial charge in [0, 0.05) is 32.3 Å². The number of rotatable bonds is 7. The number of aliphatic imine (C=N–C) groups is 2. The molecule has 2 N–H and O–H groups in total. The number of halogens is 4. The highest BCUT2D eigenvalue weighted by atomic mass is 32.1. The first-order valence-electron chi connectivity index (χ1n) is 11.3. The molecule has 220 valence electrons. The van der Waals surface area contributed by atoms with Crippen LogP contribution in [0.5, 0.6) is 0 Å². The molecule has 16 heteroatoms. The summed E-state index contributed by atoms with van der Waals surface area (Å²) in [7, 11) is -3.67. The van der Waals surface area contributed by atoms with Crippen LogP contribution in [0.1, 0.15) is 42.0 Å². The van der Waals surface area contributed by atoms with Gasteiger partial charge in [0.25, 0.3) is 0 Å². The van der Waals surface area contributed by atoms with Gasteiger partial charge in [0.1, 0.15) is 38.4 Å². The summed E-state index contributed by atoms with van der Waals surface area (Å²) >= 11 is 8.09. The molecular weight excluding hydrogens is 539 g/mol. The van der Waals surface area contributed by atoms with E-state index >= 15 is 0 Å². The second kappa shape index (κ2) is 27.4. The number of hydrogen-bond acceptors (Lipinski definition) is 8. The Morgan fingerprint density at radius 3 is 1.86 bits per heavy atom. The first kappa shape index (κ1) is 42.4. The van der Waals surface area contributed by atoms with Crippen LogP contribution in [0.3, 0.4) is 0 Å². The third-order valence-electron chi connectivity index (χ3n) is 4.21. The van der Waals surface area contributed by atoms with E-state index in [1.54, 1.807) is 0 Å². The number of carbonyl (C=O) groups excluding carboxylic acids is 2. The molecule has 0 aliphatic carbocycles. The average Bonchev–Trinajstić information content (AvgIpc) is 2.83. The van der Waals surface area contributed by atoms with Gasteiger partial charge in [0.2, 0.25) is 23.6 Å². The maximum atomic E-state index is 10.8. The quantitative estimate of drug-likeness (QED) is 0.145. The number of nitrogens with one attached hydrogen (secondary N) is 2. The molecule has 2 aliphatic rings. The first-order valence-corrected chi connectivity index (χ1v) is 12.6. The van der Waals surface area contributed by atoms with Crippen LogP contribution in [0.25, 0.3) is 0 Å². The number of piperazine rings is 1. The summed E-state index contributed by atoms with van der Waals surface area (Å²) < 4.78 is 42.7. The topological polar surface area (TPSA) is 104 Å². The lowest BCUT2D eigenvalue weighted by Crippen LogP contribution is -3.00. The van der Waals surface area contributed by atoms with Gasteiger partial charge >= 0.3 is 7.54 Å².